The van der Waals surface area contributed by atoms with Gasteiger partial charge in [-0.3, -0.25) is 14.9 Å². The third-order valence-corrected chi connectivity index (χ3v) is 1.93. The second kappa shape index (κ2) is 4.56. The van der Waals surface area contributed by atoms with E-state index in [1.165, 1.54) is 0 Å². The van der Waals surface area contributed by atoms with Crippen LogP contribution in [0.1, 0.15) is 5.56 Å². The van der Waals surface area contributed by atoms with Crippen LogP contribution in [0.25, 0.3) is 0 Å². The van der Waals surface area contributed by atoms with Crippen LogP contribution in [-0.2, 0) is 16.0 Å². The quantitative estimate of drug-likeness (QED) is 0.361. The molecule has 0 atom stereocenters. The van der Waals surface area contributed by atoms with Crippen molar-refractivity contribution in [2.45, 2.75) is 6.42 Å². The van der Waals surface area contributed by atoms with Crippen molar-refractivity contribution >= 4 is 17.3 Å². The zero-order valence-electron chi connectivity index (χ0n) is 8.40. The molecule has 0 bridgehead atoms. The molecule has 0 aliphatic heterocycles. The number of ether oxygens (including phenoxy) is 1. The number of hydrogen-bond acceptors (Lipinski definition) is 5. The summed E-state index contributed by atoms with van der Waals surface area (Å²) in [6, 6.07) is 1.86. The van der Waals surface area contributed by atoms with E-state index in [-0.39, 0.29) is 16.9 Å². The first-order valence-corrected chi connectivity index (χ1v) is 4.24. The molecule has 0 spiro atoms. The molecule has 0 amide bonds. The molecule has 0 saturated carbocycles. The SMILES string of the molecule is COC(=O)Cc1cc([N+](=O)[O-])cc(N)c1F. The Bertz CT molecular complexity index is 447. The van der Waals surface area contributed by atoms with Crippen LogP contribution in [0.5, 0.6) is 0 Å². The number of nitrogens with two attached hydrogens (primary N) is 1. The number of benzene rings is 1. The van der Waals surface area contributed by atoms with E-state index in [1.807, 2.05) is 0 Å². The fourth-order valence-electron chi connectivity index (χ4n) is 1.15. The van der Waals surface area contributed by atoms with Crippen LogP contribution < -0.4 is 5.73 Å². The number of methoxy groups -OCH3 is 1. The van der Waals surface area contributed by atoms with Gasteiger partial charge in [0.2, 0.25) is 0 Å². The molecule has 0 aliphatic rings. The van der Waals surface area contributed by atoms with E-state index < -0.39 is 23.1 Å². The van der Waals surface area contributed by atoms with E-state index in [0.717, 1.165) is 19.2 Å². The highest BCUT2D eigenvalue weighted by Gasteiger charge is 2.17. The van der Waals surface area contributed by atoms with Crippen molar-refractivity contribution in [3.8, 4) is 0 Å². The summed E-state index contributed by atoms with van der Waals surface area (Å²) in [6.45, 7) is 0. The average Bonchev–Trinajstić information content (AvgIpc) is 2.23. The van der Waals surface area contributed by atoms with E-state index in [9.17, 15) is 19.3 Å². The fraction of sp³-hybridized carbons (Fsp3) is 0.222. The van der Waals surface area contributed by atoms with E-state index in [2.05, 4.69) is 4.74 Å². The largest absolute Gasteiger partial charge is 0.469 e. The van der Waals surface area contributed by atoms with Gasteiger partial charge in [0.1, 0.15) is 5.82 Å². The molecule has 0 heterocycles. The Morgan fingerprint density at radius 3 is 2.75 bits per heavy atom. The molecular weight excluding hydrogens is 219 g/mol. The number of nitro groups is 1. The van der Waals surface area contributed by atoms with Gasteiger partial charge in [0.15, 0.2) is 0 Å². The normalized spacial score (nSPS) is 9.88. The lowest BCUT2D eigenvalue weighted by atomic mass is 10.1. The van der Waals surface area contributed by atoms with Crippen LogP contribution in [-0.4, -0.2) is 18.0 Å². The Labute approximate surface area is 90.0 Å². The number of halogens is 1. The highest BCUT2D eigenvalue weighted by molar-refractivity contribution is 5.73. The molecular formula is C9H9FN2O4. The maximum Gasteiger partial charge on any atom is 0.310 e. The van der Waals surface area contributed by atoms with Gasteiger partial charge >= 0.3 is 5.97 Å². The van der Waals surface area contributed by atoms with Crippen molar-refractivity contribution in [3.05, 3.63) is 33.6 Å². The Kier molecular flexibility index (Phi) is 3.39. The van der Waals surface area contributed by atoms with Gasteiger partial charge in [-0.25, -0.2) is 4.39 Å². The zero-order valence-corrected chi connectivity index (χ0v) is 8.40. The summed E-state index contributed by atoms with van der Waals surface area (Å²) in [5, 5.41) is 10.5. The first kappa shape index (κ1) is 11.9. The molecule has 0 fully saturated rings. The molecule has 2 N–H and O–H groups in total. The Morgan fingerprint density at radius 2 is 2.25 bits per heavy atom. The van der Waals surface area contributed by atoms with Crippen LogP contribution in [0, 0.1) is 15.9 Å². The molecule has 1 aromatic carbocycles. The summed E-state index contributed by atoms with van der Waals surface area (Å²) < 4.78 is 17.7. The number of carbonyl (C=O) groups excluding carboxylic acids is 1. The molecule has 7 heteroatoms. The van der Waals surface area contributed by atoms with E-state index in [1.54, 1.807) is 0 Å². The molecule has 0 unspecified atom stereocenters. The second-order valence-corrected chi connectivity index (χ2v) is 3.02. The molecule has 1 rings (SSSR count). The van der Waals surface area contributed by atoms with Crippen LogP contribution in [0.15, 0.2) is 12.1 Å². The lowest BCUT2D eigenvalue weighted by Gasteiger charge is -2.04. The maximum absolute atomic E-state index is 13.4. The van der Waals surface area contributed by atoms with E-state index >= 15 is 0 Å². The Balaban J connectivity index is 3.16. The van der Waals surface area contributed by atoms with Crippen molar-refractivity contribution in [2.24, 2.45) is 0 Å². The highest BCUT2D eigenvalue weighted by Crippen LogP contribution is 2.23. The minimum atomic E-state index is -0.837. The molecule has 0 aromatic heterocycles. The number of hydrogen-bond donors (Lipinski definition) is 1. The smallest absolute Gasteiger partial charge is 0.310 e. The first-order chi connectivity index (χ1) is 7.45. The summed E-state index contributed by atoms with van der Waals surface area (Å²) in [6.07, 6.45) is -0.395. The number of nitro benzene ring substituents is 1. The van der Waals surface area contributed by atoms with Gasteiger partial charge in [0.05, 0.1) is 24.1 Å². The lowest BCUT2D eigenvalue weighted by Crippen LogP contribution is -2.08. The van der Waals surface area contributed by atoms with Crippen molar-refractivity contribution in [3.63, 3.8) is 0 Å². The van der Waals surface area contributed by atoms with Gasteiger partial charge in [-0.2, -0.15) is 0 Å². The highest BCUT2D eigenvalue weighted by atomic mass is 19.1. The van der Waals surface area contributed by atoms with Gasteiger partial charge < -0.3 is 10.5 Å². The van der Waals surface area contributed by atoms with Gasteiger partial charge in [0.25, 0.3) is 5.69 Å². The number of non-ortho nitro benzene ring substituents is 1. The minimum absolute atomic E-state index is 0.154. The van der Waals surface area contributed by atoms with Crippen LogP contribution in [0.3, 0.4) is 0 Å². The van der Waals surface area contributed by atoms with Crippen molar-refractivity contribution in [1.82, 2.24) is 0 Å². The van der Waals surface area contributed by atoms with Gasteiger partial charge in [-0.05, 0) is 0 Å². The van der Waals surface area contributed by atoms with Gasteiger partial charge in [-0.1, -0.05) is 0 Å². The van der Waals surface area contributed by atoms with E-state index in [4.69, 9.17) is 5.73 Å². The number of rotatable bonds is 3. The summed E-state index contributed by atoms with van der Waals surface area (Å²) in [5.74, 6) is -1.53. The predicted molar refractivity (Wildman–Crippen MR) is 53.2 cm³/mol. The summed E-state index contributed by atoms with van der Waals surface area (Å²) in [7, 11) is 1.14. The maximum atomic E-state index is 13.4. The van der Waals surface area contributed by atoms with Crippen molar-refractivity contribution in [2.75, 3.05) is 12.8 Å². The molecule has 0 saturated heterocycles. The molecule has 16 heavy (non-hydrogen) atoms. The molecule has 0 radical (unpaired) electrons. The summed E-state index contributed by atoms with van der Waals surface area (Å²) in [5.41, 5.74) is 4.36. The fourth-order valence-corrected chi connectivity index (χ4v) is 1.15. The molecule has 0 aliphatic carbocycles. The standard InChI is InChI=1S/C9H9FN2O4/c1-16-8(13)3-5-2-6(12(14)15)4-7(11)9(5)10/h2,4H,3,11H2,1H3. The molecule has 6 nitrogen and oxygen atoms in total. The van der Waals surface area contributed by atoms with Gasteiger partial charge in [0, 0.05) is 17.7 Å². The molecule has 1 aromatic rings. The minimum Gasteiger partial charge on any atom is -0.469 e. The topological polar surface area (TPSA) is 95.5 Å². The predicted octanol–water partition coefficient (Wildman–Crippen LogP) is 1.03. The number of nitrogens with zero attached hydrogens (tertiary/aromatic N) is 1. The number of anilines is 1. The van der Waals surface area contributed by atoms with E-state index in [0.29, 0.717) is 0 Å². The monoisotopic (exact) mass is 228 g/mol. The lowest BCUT2D eigenvalue weighted by molar-refractivity contribution is -0.384. The number of nitrogen functional groups attached to an aromatic ring is 1. The van der Waals surface area contributed by atoms with Crippen molar-refractivity contribution in [1.29, 1.82) is 0 Å². The number of carbonyl (C=O) groups is 1. The summed E-state index contributed by atoms with van der Waals surface area (Å²) in [4.78, 5) is 20.7. The van der Waals surface area contributed by atoms with Gasteiger partial charge in [-0.15, -0.1) is 0 Å². The Hall–Kier alpha value is -2.18. The average molecular weight is 228 g/mol. The zero-order chi connectivity index (χ0) is 12.3. The summed E-state index contributed by atoms with van der Waals surface area (Å²) >= 11 is 0. The molecule has 86 valence electrons. The number of esters is 1. The second-order valence-electron chi connectivity index (χ2n) is 3.02. The first-order valence-electron chi connectivity index (χ1n) is 4.24. The van der Waals surface area contributed by atoms with Crippen molar-refractivity contribution < 1.29 is 18.8 Å². The third-order valence-electron chi connectivity index (χ3n) is 1.93. The Morgan fingerprint density at radius 1 is 1.62 bits per heavy atom. The van der Waals surface area contributed by atoms with Crippen LogP contribution in [0.4, 0.5) is 15.8 Å². The third kappa shape index (κ3) is 2.44. The van der Waals surface area contributed by atoms with Crippen LogP contribution >= 0.6 is 0 Å². The van der Waals surface area contributed by atoms with Crippen LogP contribution in [0.2, 0.25) is 0 Å².